The van der Waals surface area contributed by atoms with Crippen LogP contribution in [0, 0.1) is 6.92 Å². The number of carbonyl (C=O) groups excluding carboxylic acids is 2. The number of aromatic nitrogens is 1. The number of pyridine rings is 1. The van der Waals surface area contributed by atoms with Gasteiger partial charge in [0, 0.05) is 11.9 Å². The highest BCUT2D eigenvalue weighted by Gasteiger charge is 2.30. The molecule has 1 N–H and O–H groups in total. The van der Waals surface area contributed by atoms with Crippen LogP contribution in [0.1, 0.15) is 38.9 Å². The fourth-order valence-corrected chi connectivity index (χ4v) is 2.82. The van der Waals surface area contributed by atoms with Gasteiger partial charge in [0.1, 0.15) is 5.69 Å². The highest BCUT2D eigenvalue weighted by Crippen LogP contribution is 2.31. The maximum Gasteiger partial charge on any atom is 0.416 e. The van der Waals surface area contributed by atoms with Crippen molar-refractivity contribution in [3.8, 4) is 0 Å². The van der Waals surface area contributed by atoms with E-state index < -0.39 is 23.6 Å². The maximum atomic E-state index is 12.9. The Bertz CT molecular complexity index is 1050. The summed E-state index contributed by atoms with van der Waals surface area (Å²) in [6.45, 7) is 3.68. The maximum absolute atomic E-state index is 12.9. The summed E-state index contributed by atoms with van der Waals surface area (Å²) < 4.78 is 45.1. The number of alkyl halides is 3. The molecular formula is C20H17F3N2O3. The Balaban J connectivity index is 1.99. The molecule has 0 atom stereocenters. The first-order valence-corrected chi connectivity index (χ1v) is 8.48. The van der Waals surface area contributed by atoms with E-state index in [1.165, 1.54) is 22.6 Å². The van der Waals surface area contributed by atoms with E-state index in [4.69, 9.17) is 4.74 Å². The highest BCUT2D eigenvalue weighted by molar-refractivity contribution is 6.08. The molecule has 0 aliphatic rings. The van der Waals surface area contributed by atoms with Gasteiger partial charge in [0.05, 0.1) is 23.3 Å². The monoisotopic (exact) mass is 390 g/mol. The molecule has 28 heavy (non-hydrogen) atoms. The van der Waals surface area contributed by atoms with Crippen LogP contribution < -0.4 is 5.32 Å². The van der Waals surface area contributed by atoms with Gasteiger partial charge in [-0.2, -0.15) is 13.2 Å². The molecule has 8 heteroatoms. The van der Waals surface area contributed by atoms with E-state index in [1.54, 1.807) is 25.3 Å². The molecule has 3 rings (SSSR count). The number of benzene rings is 1. The molecule has 0 unspecified atom stereocenters. The zero-order chi connectivity index (χ0) is 20.5. The second-order valence-electron chi connectivity index (χ2n) is 6.16. The lowest BCUT2D eigenvalue weighted by Crippen LogP contribution is -2.15. The lowest BCUT2D eigenvalue weighted by molar-refractivity contribution is -0.137. The van der Waals surface area contributed by atoms with Gasteiger partial charge in [0.2, 0.25) is 0 Å². The van der Waals surface area contributed by atoms with E-state index in [2.05, 4.69) is 5.32 Å². The van der Waals surface area contributed by atoms with Gasteiger partial charge in [-0.15, -0.1) is 0 Å². The van der Waals surface area contributed by atoms with Crippen molar-refractivity contribution in [2.75, 3.05) is 11.9 Å². The normalized spacial score (nSPS) is 11.5. The van der Waals surface area contributed by atoms with Gasteiger partial charge in [-0.25, -0.2) is 4.79 Å². The summed E-state index contributed by atoms with van der Waals surface area (Å²) in [4.78, 5) is 24.9. The minimum atomic E-state index is -4.52. The van der Waals surface area contributed by atoms with Crippen LogP contribution >= 0.6 is 0 Å². The number of fused-ring (bicyclic) bond motifs is 1. The van der Waals surface area contributed by atoms with Crippen molar-refractivity contribution >= 4 is 23.1 Å². The number of ether oxygens (including phenoxy) is 1. The molecule has 0 saturated heterocycles. The van der Waals surface area contributed by atoms with Crippen LogP contribution in [0.15, 0.2) is 48.7 Å². The van der Waals surface area contributed by atoms with Gasteiger partial charge in [0.15, 0.2) is 0 Å². The van der Waals surface area contributed by atoms with Crippen molar-refractivity contribution in [2.45, 2.75) is 20.0 Å². The highest BCUT2D eigenvalue weighted by atomic mass is 19.4. The quantitative estimate of drug-likeness (QED) is 0.657. The molecule has 2 aromatic heterocycles. The first-order valence-electron chi connectivity index (χ1n) is 8.48. The minimum Gasteiger partial charge on any atom is -0.462 e. The van der Waals surface area contributed by atoms with Crippen LogP contribution in [0.25, 0.3) is 5.52 Å². The van der Waals surface area contributed by atoms with Gasteiger partial charge in [-0.05, 0) is 55.8 Å². The number of nitrogens with one attached hydrogen (secondary N) is 1. The lowest BCUT2D eigenvalue weighted by atomic mass is 10.2. The van der Waals surface area contributed by atoms with E-state index in [-0.39, 0.29) is 23.6 Å². The summed E-state index contributed by atoms with van der Waals surface area (Å²) in [5.74, 6) is -1.22. The number of hydrogen-bond acceptors (Lipinski definition) is 3. The molecule has 0 radical (unpaired) electrons. The second-order valence-corrected chi connectivity index (χ2v) is 6.16. The van der Waals surface area contributed by atoms with Crippen LogP contribution in [-0.2, 0) is 10.9 Å². The number of nitrogens with zero attached hydrogens (tertiary/aromatic N) is 1. The molecular weight excluding hydrogens is 373 g/mol. The van der Waals surface area contributed by atoms with E-state index >= 15 is 0 Å². The molecule has 0 saturated carbocycles. The Morgan fingerprint density at radius 1 is 1.14 bits per heavy atom. The first kappa shape index (κ1) is 19.5. The number of hydrogen-bond donors (Lipinski definition) is 1. The SMILES string of the molecule is CCOC(=O)c1cc(C(=O)Nc2cccc(C(F)(F)F)c2)n2ccc(C)cc12. The Morgan fingerprint density at radius 2 is 1.89 bits per heavy atom. The Morgan fingerprint density at radius 3 is 2.57 bits per heavy atom. The Hall–Kier alpha value is -3.29. The summed E-state index contributed by atoms with van der Waals surface area (Å²) in [5, 5.41) is 2.45. The summed E-state index contributed by atoms with van der Waals surface area (Å²) in [5.41, 5.74) is 0.802. The van der Waals surface area contributed by atoms with Gasteiger partial charge in [-0.3, -0.25) is 4.79 Å². The molecule has 0 aliphatic carbocycles. The zero-order valence-electron chi connectivity index (χ0n) is 15.1. The van der Waals surface area contributed by atoms with Gasteiger partial charge >= 0.3 is 12.1 Å². The van der Waals surface area contributed by atoms with Crippen molar-refractivity contribution in [3.63, 3.8) is 0 Å². The topological polar surface area (TPSA) is 59.8 Å². The minimum absolute atomic E-state index is 0.000397. The standard InChI is InChI=1S/C20H17F3N2O3/c1-3-28-19(27)15-11-17(25-8-7-12(2)9-16(15)25)18(26)24-14-6-4-5-13(10-14)20(21,22)23/h4-11H,3H2,1-2H3,(H,24,26). The molecule has 5 nitrogen and oxygen atoms in total. The van der Waals surface area contributed by atoms with Crippen LogP contribution in [0.3, 0.4) is 0 Å². The van der Waals surface area contributed by atoms with Crippen LogP contribution in [0.2, 0.25) is 0 Å². The van der Waals surface area contributed by atoms with Crippen LogP contribution in [-0.4, -0.2) is 22.9 Å². The molecule has 1 amide bonds. The average molecular weight is 390 g/mol. The number of anilines is 1. The predicted octanol–water partition coefficient (Wildman–Crippen LogP) is 4.70. The van der Waals surface area contributed by atoms with Crippen molar-refractivity contribution in [1.82, 2.24) is 4.40 Å². The summed E-state index contributed by atoms with van der Waals surface area (Å²) >= 11 is 0. The molecule has 146 valence electrons. The largest absolute Gasteiger partial charge is 0.462 e. The predicted molar refractivity (Wildman–Crippen MR) is 97.5 cm³/mol. The molecule has 0 aliphatic heterocycles. The number of esters is 1. The van der Waals surface area contributed by atoms with E-state index in [0.29, 0.717) is 5.52 Å². The van der Waals surface area contributed by atoms with E-state index in [1.807, 2.05) is 6.92 Å². The average Bonchev–Trinajstić information content (AvgIpc) is 3.00. The number of halogens is 3. The smallest absolute Gasteiger partial charge is 0.416 e. The van der Waals surface area contributed by atoms with Gasteiger partial charge in [0.25, 0.3) is 5.91 Å². The third kappa shape index (κ3) is 3.85. The van der Waals surface area contributed by atoms with Crippen molar-refractivity contribution in [3.05, 3.63) is 71.0 Å². The van der Waals surface area contributed by atoms with Gasteiger partial charge < -0.3 is 14.5 Å². The molecule has 2 heterocycles. The van der Waals surface area contributed by atoms with E-state index in [0.717, 1.165) is 17.7 Å². The second kappa shape index (κ2) is 7.38. The van der Waals surface area contributed by atoms with Gasteiger partial charge in [-0.1, -0.05) is 6.07 Å². The molecule has 3 aromatic rings. The summed E-state index contributed by atoms with van der Waals surface area (Å²) in [6, 6.07) is 9.20. The molecule has 0 bridgehead atoms. The fraction of sp³-hybridized carbons (Fsp3) is 0.200. The summed E-state index contributed by atoms with van der Waals surface area (Å²) in [7, 11) is 0. The van der Waals surface area contributed by atoms with E-state index in [9.17, 15) is 22.8 Å². The van der Waals surface area contributed by atoms with Crippen molar-refractivity contribution in [2.24, 2.45) is 0 Å². The lowest BCUT2D eigenvalue weighted by Gasteiger charge is -2.10. The first-order chi connectivity index (χ1) is 13.2. The fourth-order valence-electron chi connectivity index (χ4n) is 2.82. The molecule has 0 fully saturated rings. The number of rotatable bonds is 4. The molecule has 0 spiro atoms. The van der Waals surface area contributed by atoms with Crippen molar-refractivity contribution < 1.29 is 27.5 Å². The molecule has 1 aromatic carbocycles. The number of aryl methyl sites for hydroxylation is 1. The Kier molecular flexibility index (Phi) is 5.13. The van der Waals surface area contributed by atoms with Crippen molar-refractivity contribution in [1.29, 1.82) is 0 Å². The third-order valence-electron chi connectivity index (χ3n) is 4.10. The zero-order valence-corrected chi connectivity index (χ0v) is 15.1. The Labute approximate surface area is 158 Å². The third-order valence-corrected chi connectivity index (χ3v) is 4.10. The van der Waals surface area contributed by atoms with Crippen LogP contribution in [0.5, 0.6) is 0 Å². The number of carbonyl (C=O) groups is 2. The van der Waals surface area contributed by atoms with Crippen LogP contribution in [0.4, 0.5) is 18.9 Å². The summed E-state index contributed by atoms with van der Waals surface area (Å²) in [6.07, 6.45) is -2.90. The number of amides is 1.